The van der Waals surface area contributed by atoms with Crippen molar-refractivity contribution >= 4 is 17.3 Å². The first-order chi connectivity index (χ1) is 17.3. The van der Waals surface area contributed by atoms with E-state index in [1.807, 2.05) is 25.8 Å². The summed E-state index contributed by atoms with van der Waals surface area (Å²) in [6, 6.07) is 5.25. The topological polar surface area (TPSA) is 81.3 Å². The molecule has 1 amide bonds. The number of nitrogens with one attached hydrogen (secondary N) is 2. The summed E-state index contributed by atoms with van der Waals surface area (Å²) in [5.41, 5.74) is -2.71. The number of halogens is 5. The van der Waals surface area contributed by atoms with Crippen LogP contribution in [0, 0.1) is 11.8 Å². The zero-order chi connectivity index (χ0) is 27.1. The molecule has 7 nitrogen and oxygen atoms in total. The van der Waals surface area contributed by atoms with Crippen molar-refractivity contribution in [2.75, 3.05) is 30.4 Å². The number of nitrogens with zero attached hydrogens (tertiary/aromatic N) is 3. The summed E-state index contributed by atoms with van der Waals surface area (Å²) >= 11 is 0. The smallest absolute Gasteiger partial charge is 0.367 e. The van der Waals surface area contributed by atoms with E-state index in [2.05, 4.69) is 20.2 Å². The Morgan fingerprint density at radius 3 is 2.38 bits per heavy atom. The second-order valence-corrected chi connectivity index (χ2v) is 9.06. The molecule has 2 N–H and O–H groups in total. The van der Waals surface area contributed by atoms with Crippen molar-refractivity contribution in [2.45, 2.75) is 32.1 Å². The van der Waals surface area contributed by atoms with Gasteiger partial charge in [0.05, 0.1) is 22.5 Å². The van der Waals surface area contributed by atoms with Crippen molar-refractivity contribution < 1.29 is 26.7 Å². The van der Waals surface area contributed by atoms with E-state index < -0.39 is 40.5 Å². The molecule has 2 aromatic heterocycles. The van der Waals surface area contributed by atoms with Gasteiger partial charge >= 0.3 is 6.18 Å². The predicted molar refractivity (Wildman–Crippen MR) is 129 cm³/mol. The minimum absolute atomic E-state index is 0.0284. The van der Waals surface area contributed by atoms with Crippen LogP contribution in [0.25, 0.3) is 11.1 Å². The first kappa shape index (κ1) is 26.3. The van der Waals surface area contributed by atoms with Crippen LogP contribution in [0.1, 0.15) is 29.8 Å². The van der Waals surface area contributed by atoms with Gasteiger partial charge in [-0.2, -0.15) is 17.6 Å². The molecule has 4 rings (SSSR count). The number of aromatic amines is 1. The van der Waals surface area contributed by atoms with Gasteiger partial charge in [0.1, 0.15) is 5.82 Å². The maximum atomic E-state index is 15.3. The van der Waals surface area contributed by atoms with Crippen LogP contribution >= 0.6 is 0 Å². The number of amides is 1. The molecule has 37 heavy (non-hydrogen) atoms. The fourth-order valence-electron chi connectivity index (χ4n) is 4.37. The van der Waals surface area contributed by atoms with Crippen molar-refractivity contribution in [3.05, 3.63) is 76.0 Å². The fourth-order valence-corrected chi connectivity index (χ4v) is 4.37. The highest BCUT2D eigenvalue weighted by Gasteiger charge is 2.36. The molecule has 1 aliphatic rings. The van der Waals surface area contributed by atoms with E-state index in [0.717, 1.165) is 12.3 Å². The van der Waals surface area contributed by atoms with Crippen LogP contribution in [0.4, 0.5) is 33.3 Å². The Bertz CT molecular complexity index is 1360. The number of benzene rings is 1. The number of aromatic nitrogens is 2. The van der Waals surface area contributed by atoms with E-state index in [1.165, 1.54) is 18.2 Å². The Labute approximate surface area is 208 Å². The van der Waals surface area contributed by atoms with Gasteiger partial charge in [0.2, 0.25) is 11.5 Å². The predicted octanol–water partition coefficient (Wildman–Crippen LogP) is 4.52. The maximum absolute atomic E-state index is 15.3. The summed E-state index contributed by atoms with van der Waals surface area (Å²) in [7, 11) is 1.95. The van der Waals surface area contributed by atoms with Gasteiger partial charge in [0.15, 0.2) is 0 Å². The van der Waals surface area contributed by atoms with Crippen molar-refractivity contribution in [3.63, 3.8) is 0 Å². The highest BCUT2D eigenvalue weighted by Crippen LogP contribution is 2.37. The van der Waals surface area contributed by atoms with Gasteiger partial charge in [-0.3, -0.25) is 14.5 Å². The van der Waals surface area contributed by atoms with Crippen LogP contribution in [0.3, 0.4) is 0 Å². The number of piperazine rings is 1. The highest BCUT2D eigenvalue weighted by atomic mass is 19.4. The zero-order valence-corrected chi connectivity index (χ0v) is 20.2. The number of likely N-dealkylation sites (N-methyl/N-ethyl adjacent to an activating group) is 1. The molecule has 0 unspecified atom stereocenters. The van der Waals surface area contributed by atoms with Gasteiger partial charge in [-0.1, -0.05) is 0 Å². The van der Waals surface area contributed by atoms with Crippen molar-refractivity contribution in [1.29, 1.82) is 0 Å². The lowest BCUT2D eigenvalue weighted by Gasteiger charge is -2.44. The monoisotopic (exact) mass is 521 g/mol. The average Bonchev–Trinajstić information content (AvgIpc) is 2.83. The number of hydrogen-bond donors (Lipinski definition) is 2. The number of pyridine rings is 2. The van der Waals surface area contributed by atoms with Crippen LogP contribution in [0.15, 0.2) is 47.5 Å². The largest absolute Gasteiger partial charge is 0.417 e. The molecule has 0 bridgehead atoms. The Hall–Kier alpha value is -3.80. The average molecular weight is 521 g/mol. The normalized spacial score (nSPS) is 18.6. The van der Waals surface area contributed by atoms with Gasteiger partial charge in [0.25, 0.3) is 5.91 Å². The number of hydrogen-bond acceptors (Lipinski definition) is 5. The van der Waals surface area contributed by atoms with E-state index in [-0.39, 0.29) is 34.6 Å². The Morgan fingerprint density at radius 1 is 1.11 bits per heavy atom. The second-order valence-electron chi connectivity index (χ2n) is 9.06. The Kier molecular flexibility index (Phi) is 7.05. The quantitative estimate of drug-likeness (QED) is 0.390. The van der Waals surface area contributed by atoms with Crippen molar-refractivity contribution in [1.82, 2.24) is 14.9 Å². The molecule has 2 atom stereocenters. The molecule has 1 fully saturated rings. The maximum Gasteiger partial charge on any atom is 0.417 e. The van der Waals surface area contributed by atoms with Crippen LogP contribution in [-0.4, -0.2) is 53.0 Å². The van der Waals surface area contributed by atoms with Gasteiger partial charge < -0.3 is 15.2 Å². The standard InChI is InChI=1S/C25H24F5N5O2/c1-13-11-35(12-14(2)34(13)3)21-8-19(26)16(15-4-5-22(27)31-9-15)6-20(21)33-24(37)17-10-32-23(36)7-18(17)25(28,29)30/h4-10,13-14H,11-12H2,1-3H3,(H,32,36)(H,33,37)/t13-,14+. The first-order valence-corrected chi connectivity index (χ1v) is 11.4. The number of carbonyl (C=O) groups is 1. The molecule has 12 heteroatoms. The molecule has 0 saturated carbocycles. The molecule has 0 spiro atoms. The minimum Gasteiger partial charge on any atom is -0.367 e. The lowest BCUT2D eigenvalue weighted by atomic mass is 10.0. The number of H-pyrrole nitrogens is 1. The summed E-state index contributed by atoms with van der Waals surface area (Å²) in [5, 5.41) is 2.47. The minimum atomic E-state index is -4.96. The molecule has 196 valence electrons. The molecular weight excluding hydrogens is 497 g/mol. The van der Waals surface area contributed by atoms with E-state index in [0.29, 0.717) is 25.4 Å². The molecule has 1 aromatic carbocycles. The molecule has 1 aliphatic heterocycles. The van der Waals surface area contributed by atoms with Crippen LogP contribution in [-0.2, 0) is 6.18 Å². The zero-order valence-electron chi connectivity index (χ0n) is 20.2. The number of alkyl halides is 3. The molecule has 3 aromatic rings. The van der Waals surface area contributed by atoms with E-state index in [9.17, 15) is 27.2 Å². The third kappa shape index (κ3) is 5.48. The van der Waals surface area contributed by atoms with E-state index >= 15 is 4.39 Å². The summed E-state index contributed by atoms with van der Waals surface area (Å²) in [6.45, 7) is 4.89. The van der Waals surface area contributed by atoms with Crippen LogP contribution in [0.2, 0.25) is 0 Å². The molecule has 0 radical (unpaired) electrons. The molecular formula is C25H24F5N5O2. The van der Waals surface area contributed by atoms with E-state index in [4.69, 9.17) is 0 Å². The lowest BCUT2D eigenvalue weighted by Crippen LogP contribution is -2.55. The van der Waals surface area contributed by atoms with Crippen molar-refractivity contribution in [3.8, 4) is 11.1 Å². The van der Waals surface area contributed by atoms with Crippen LogP contribution in [0.5, 0.6) is 0 Å². The summed E-state index contributed by atoms with van der Waals surface area (Å²) in [4.78, 5) is 34.2. The fraction of sp³-hybridized carbons (Fsp3) is 0.320. The lowest BCUT2D eigenvalue weighted by molar-refractivity contribution is -0.138. The van der Waals surface area contributed by atoms with Gasteiger partial charge in [0, 0.05) is 54.8 Å². The molecule has 1 saturated heterocycles. The SMILES string of the molecule is C[C@@H]1CN(c2cc(F)c(-c3ccc(F)nc3)cc2NC(=O)c2c[nH]c(=O)cc2C(F)(F)F)C[C@H](C)N1C. The number of rotatable bonds is 4. The first-order valence-electron chi connectivity index (χ1n) is 11.4. The second kappa shape index (κ2) is 9.92. The Morgan fingerprint density at radius 2 is 1.78 bits per heavy atom. The Balaban J connectivity index is 1.81. The highest BCUT2D eigenvalue weighted by molar-refractivity contribution is 6.07. The summed E-state index contributed by atoms with van der Waals surface area (Å²) in [6.07, 6.45) is -3.16. The molecule has 3 heterocycles. The number of carbonyl (C=O) groups excluding carboxylic acids is 1. The van der Waals surface area contributed by atoms with Gasteiger partial charge in [-0.15, -0.1) is 0 Å². The third-order valence-electron chi connectivity index (χ3n) is 6.55. The number of anilines is 2. The summed E-state index contributed by atoms with van der Waals surface area (Å²) < 4.78 is 69.3. The van der Waals surface area contributed by atoms with Gasteiger partial charge in [-0.05, 0) is 45.2 Å². The van der Waals surface area contributed by atoms with Gasteiger partial charge in [-0.25, -0.2) is 9.37 Å². The van der Waals surface area contributed by atoms with E-state index in [1.54, 1.807) is 0 Å². The van der Waals surface area contributed by atoms with Crippen LogP contribution < -0.4 is 15.8 Å². The molecule has 0 aliphatic carbocycles. The third-order valence-corrected chi connectivity index (χ3v) is 6.55. The van der Waals surface area contributed by atoms with Crippen molar-refractivity contribution in [2.24, 2.45) is 0 Å². The summed E-state index contributed by atoms with van der Waals surface area (Å²) in [5.74, 6) is -2.59.